The van der Waals surface area contributed by atoms with Crippen LogP contribution in [0.4, 0.5) is 13.2 Å². The number of rotatable bonds is 1. The van der Waals surface area contributed by atoms with Crippen LogP contribution in [0.25, 0.3) is 11.3 Å². The van der Waals surface area contributed by atoms with Gasteiger partial charge in [-0.25, -0.2) is 0 Å². The van der Waals surface area contributed by atoms with Gasteiger partial charge in [0, 0.05) is 16.2 Å². The number of aromatic nitrogens is 1. The summed E-state index contributed by atoms with van der Waals surface area (Å²) in [5.41, 5.74) is -0.448. The summed E-state index contributed by atoms with van der Waals surface area (Å²) in [5, 5.41) is 0. The van der Waals surface area contributed by atoms with Crippen molar-refractivity contribution >= 4 is 15.9 Å². The van der Waals surface area contributed by atoms with E-state index < -0.39 is 11.7 Å². The number of hydrogen-bond donors (Lipinski definition) is 0. The predicted octanol–water partition coefficient (Wildman–Crippen LogP) is 4.33. The molecule has 2 rings (SSSR count). The van der Waals surface area contributed by atoms with Crippen molar-refractivity contribution in [3.63, 3.8) is 0 Å². The van der Waals surface area contributed by atoms with Gasteiger partial charge in [-0.1, -0.05) is 15.9 Å². The van der Waals surface area contributed by atoms with Crippen LogP contribution in [-0.4, -0.2) is 4.98 Å². The Hall–Kier alpha value is -1.36. The summed E-state index contributed by atoms with van der Waals surface area (Å²) in [5.74, 6) is 0. The molecule has 0 aliphatic carbocycles. The first kappa shape index (κ1) is 12.1. The summed E-state index contributed by atoms with van der Waals surface area (Å²) in [6, 6.07) is 9.72. The molecule has 0 saturated carbocycles. The average molecular weight is 301 g/mol. The molecule has 1 nitrogen and oxygen atoms in total. The monoisotopic (exact) mass is 300 g/mol. The molecule has 0 aliphatic rings. The number of halogens is 4. The van der Waals surface area contributed by atoms with Gasteiger partial charge in [-0.05, 0) is 36.4 Å². The van der Waals surface area contributed by atoms with Crippen molar-refractivity contribution in [1.29, 1.82) is 0 Å². The van der Waals surface area contributed by atoms with E-state index >= 15 is 0 Å². The molecule has 2 aromatic rings. The van der Waals surface area contributed by atoms with Crippen LogP contribution in [0.15, 0.2) is 41.0 Å². The molecule has 0 amide bonds. The number of hydrogen-bond acceptors (Lipinski definition) is 1. The largest absolute Gasteiger partial charge is 0.418 e. The molecule has 0 bridgehead atoms. The zero-order valence-electron chi connectivity index (χ0n) is 8.42. The van der Waals surface area contributed by atoms with Crippen molar-refractivity contribution in [1.82, 2.24) is 4.98 Å². The van der Waals surface area contributed by atoms with Crippen molar-refractivity contribution in [3.8, 4) is 11.3 Å². The molecule has 0 spiro atoms. The third-order valence-electron chi connectivity index (χ3n) is 2.14. The second-order valence-electron chi connectivity index (χ2n) is 3.34. The van der Waals surface area contributed by atoms with E-state index in [1.165, 1.54) is 18.3 Å². The van der Waals surface area contributed by atoms with Crippen LogP contribution >= 0.6 is 15.9 Å². The first-order valence-electron chi connectivity index (χ1n) is 4.68. The van der Waals surface area contributed by atoms with E-state index in [0.717, 1.165) is 6.07 Å². The molecule has 0 N–H and O–H groups in total. The zero-order chi connectivity index (χ0) is 12.5. The van der Waals surface area contributed by atoms with Crippen molar-refractivity contribution in [3.05, 3.63) is 52.6 Å². The van der Waals surface area contributed by atoms with Crippen molar-refractivity contribution in [2.75, 3.05) is 0 Å². The van der Waals surface area contributed by atoms with Crippen LogP contribution < -0.4 is 0 Å². The number of pyridine rings is 1. The smallest absolute Gasteiger partial charge is 0.256 e. The summed E-state index contributed by atoms with van der Waals surface area (Å²) in [6.45, 7) is 0. The minimum atomic E-state index is -4.41. The Bertz CT molecular complexity index is 537. The molecule has 17 heavy (non-hydrogen) atoms. The van der Waals surface area contributed by atoms with E-state index in [2.05, 4.69) is 27.0 Å². The lowest BCUT2D eigenvalue weighted by Crippen LogP contribution is -2.08. The fourth-order valence-electron chi connectivity index (χ4n) is 1.44. The number of alkyl halides is 3. The van der Waals surface area contributed by atoms with E-state index in [1.54, 1.807) is 12.1 Å². The van der Waals surface area contributed by atoms with Crippen LogP contribution in [0.1, 0.15) is 5.56 Å². The molecule has 1 heterocycles. The molecule has 1 radical (unpaired) electrons. The fraction of sp³-hybridized carbons (Fsp3) is 0.0833. The molecule has 0 fully saturated rings. The molecule has 1 aromatic carbocycles. The van der Waals surface area contributed by atoms with Crippen molar-refractivity contribution < 1.29 is 13.2 Å². The van der Waals surface area contributed by atoms with Gasteiger partial charge >= 0.3 is 6.18 Å². The second kappa shape index (κ2) is 4.49. The maximum Gasteiger partial charge on any atom is 0.418 e. The van der Waals surface area contributed by atoms with Crippen LogP contribution in [0.3, 0.4) is 0 Å². The molecule has 0 aliphatic heterocycles. The number of nitrogens with zero attached hydrogens (tertiary/aromatic N) is 1. The van der Waals surface area contributed by atoms with Crippen LogP contribution in [-0.2, 0) is 6.18 Å². The third-order valence-corrected chi connectivity index (χ3v) is 2.60. The minimum absolute atomic E-state index is 0.0856. The minimum Gasteiger partial charge on any atom is -0.256 e. The summed E-state index contributed by atoms with van der Waals surface area (Å²) in [4.78, 5) is 3.80. The fourth-order valence-corrected chi connectivity index (χ4v) is 1.82. The van der Waals surface area contributed by atoms with Gasteiger partial charge in [0.2, 0.25) is 0 Å². The summed E-state index contributed by atoms with van der Waals surface area (Å²) >= 11 is 3.19. The molecule has 1 aromatic heterocycles. The van der Waals surface area contributed by atoms with E-state index in [-0.39, 0.29) is 5.69 Å². The Labute approximate surface area is 104 Å². The summed E-state index contributed by atoms with van der Waals surface area (Å²) < 4.78 is 39.0. The highest BCUT2D eigenvalue weighted by Gasteiger charge is 2.34. The lowest BCUT2D eigenvalue weighted by atomic mass is 10.1. The standard InChI is InChI=1S/C12H6BrF3N/c13-9-4-1-3-8(7-9)11-10(12(14,15)16)5-2-6-17-11/h2-7H. The van der Waals surface area contributed by atoms with Crippen LogP contribution in [0.5, 0.6) is 0 Å². The lowest BCUT2D eigenvalue weighted by molar-refractivity contribution is -0.137. The predicted molar refractivity (Wildman–Crippen MR) is 61.2 cm³/mol. The highest BCUT2D eigenvalue weighted by molar-refractivity contribution is 9.10. The molecular weight excluding hydrogens is 295 g/mol. The number of benzene rings is 1. The van der Waals surface area contributed by atoms with Crippen molar-refractivity contribution in [2.45, 2.75) is 6.18 Å². The molecule has 0 saturated heterocycles. The SMILES string of the molecule is FC(F)(F)c1cccnc1-c1c[c]cc(Br)c1. The summed E-state index contributed by atoms with van der Waals surface area (Å²) in [6.07, 6.45) is -3.07. The molecule has 87 valence electrons. The second-order valence-corrected chi connectivity index (χ2v) is 4.25. The van der Waals surface area contributed by atoms with Gasteiger partial charge in [-0.15, -0.1) is 0 Å². The van der Waals surface area contributed by atoms with Gasteiger partial charge in [-0.2, -0.15) is 13.2 Å². The van der Waals surface area contributed by atoms with Gasteiger partial charge in [0.25, 0.3) is 0 Å². The third kappa shape index (κ3) is 2.66. The Kier molecular flexibility index (Phi) is 3.19. The Morgan fingerprint density at radius 2 is 2.00 bits per heavy atom. The van der Waals surface area contributed by atoms with Crippen molar-refractivity contribution in [2.24, 2.45) is 0 Å². The van der Waals surface area contributed by atoms with Gasteiger partial charge in [0.05, 0.1) is 11.3 Å². The van der Waals surface area contributed by atoms with Gasteiger partial charge < -0.3 is 0 Å². The average Bonchev–Trinajstić information content (AvgIpc) is 2.28. The Morgan fingerprint density at radius 3 is 2.65 bits per heavy atom. The molecule has 0 atom stereocenters. The molecular formula is C12H6BrF3N. The Morgan fingerprint density at radius 1 is 1.24 bits per heavy atom. The van der Waals surface area contributed by atoms with E-state index in [1.807, 2.05) is 0 Å². The van der Waals surface area contributed by atoms with E-state index in [9.17, 15) is 13.2 Å². The van der Waals surface area contributed by atoms with E-state index in [0.29, 0.717) is 10.0 Å². The van der Waals surface area contributed by atoms with Crippen LogP contribution in [0, 0.1) is 6.07 Å². The maximum atomic E-state index is 12.8. The van der Waals surface area contributed by atoms with Gasteiger partial charge in [0.15, 0.2) is 0 Å². The maximum absolute atomic E-state index is 12.8. The quantitative estimate of drug-likeness (QED) is 0.764. The summed E-state index contributed by atoms with van der Waals surface area (Å²) in [7, 11) is 0. The van der Waals surface area contributed by atoms with E-state index in [4.69, 9.17) is 0 Å². The first-order chi connectivity index (χ1) is 7.98. The molecule has 0 unspecified atom stereocenters. The molecule has 5 heteroatoms. The lowest BCUT2D eigenvalue weighted by Gasteiger charge is -2.11. The Balaban J connectivity index is 2.60. The zero-order valence-corrected chi connectivity index (χ0v) is 10.0. The van der Waals surface area contributed by atoms with Gasteiger partial charge in [0.1, 0.15) is 0 Å². The first-order valence-corrected chi connectivity index (χ1v) is 5.47. The van der Waals surface area contributed by atoms with Crippen LogP contribution in [0.2, 0.25) is 0 Å². The topological polar surface area (TPSA) is 12.9 Å². The highest BCUT2D eigenvalue weighted by Crippen LogP contribution is 2.35. The highest BCUT2D eigenvalue weighted by atomic mass is 79.9. The normalized spacial score (nSPS) is 11.5. The van der Waals surface area contributed by atoms with Gasteiger partial charge in [-0.3, -0.25) is 4.98 Å².